The summed E-state index contributed by atoms with van der Waals surface area (Å²) in [7, 11) is 0. The van der Waals surface area contributed by atoms with Crippen molar-refractivity contribution in [2.24, 2.45) is 5.92 Å². The molecule has 1 aliphatic carbocycles. The average Bonchev–Trinajstić information content (AvgIpc) is 3.50. The molecule has 1 aliphatic heterocycles. The zero-order chi connectivity index (χ0) is 20.4. The molecular formula is C25H31N3O. The van der Waals surface area contributed by atoms with E-state index in [1.165, 1.54) is 25.0 Å². The standard InChI is InChI=1S/C25H31N3O/c1-25(2)16-20(13-14-28(25)17-19-7-8-19)15-18-9-11-21(12-10-18)24(29)27-23-6-4-3-5-22(23)26/h3-6,9-12,15,19H,7-8,13-14,16-17,26H2,1-2H3,(H,27,29). The van der Waals surface area contributed by atoms with Crippen LogP contribution in [0, 0.1) is 5.92 Å². The van der Waals surface area contributed by atoms with E-state index in [0.29, 0.717) is 16.9 Å². The molecule has 0 unspecified atom stereocenters. The SMILES string of the molecule is CC1(C)CC(=Cc2ccc(C(=O)Nc3ccccc3N)cc2)CCN1CC1CC1. The minimum absolute atomic E-state index is 0.142. The highest BCUT2D eigenvalue weighted by atomic mass is 16.1. The van der Waals surface area contributed by atoms with Crippen LogP contribution in [0.15, 0.2) is 54.1 Å². The summed E-state index contributed by atoms with van der Waals surface area (Å²) in [5.41, 5.74) is 10.6. The number of nitrogen functional groups attached to an aromatic ring is 1. The summed E-state index contributed by atoms with van der Waals surface area (Å²) in [4.78, 5) is 15.2. The number of nitrogens with zero attached hydrogens (tertiary/aromatic N) is 1. The molecule has 29 heavy (non-hydrogen) atoms. The Balaban J connectivity index is 1.40. The molecule has 2 fully saturated rings. The fourth-order valence-electron chi connectivity index (χ4n) is 4.18. The quantitative estimate of drug-likeness (QED) is 0.692. The molecule has 1 heterocycles. The van der Waals surface area contributed by atoms with Gasteiger partial charge in [-0.05, 0) is 75.3 Å². The van der Waals surface area contributed by atoms with Crippen LogP contribution in [0.4, 0.5) is 11.4 Å². The summed E-state index contributed by atoms with van der Waals surface area (Å²) in [6.45, 7) is 7.14. The van der Waals surface area contributed by atoms with Crippen molar-refractivity contribution in [1.29, 1.82) is 0 Å². The fraction of sp³-hybridized carbons (Fsp3) is 0.400. The number of anilines is 2. The van der Waals surface area contributed by atoms with Gasteiger partial charge in [-0.25, -0.2) is 0 Å². The molecule has 2 aromatic carbocycles. The van der Waals surface area contributed by atoms with Crippen LogP contribution in [0.1, 0.15) is 55.5 Å². The molecule has 0 aromatic heterocycles. The summed E-state index contributed by atoms with van der Waals surface area (Å²) in [6, 6.07) is 15.1. The Morgan fingerprint density at radius 1 is 1.17 bits per heavy atom. The molecule has 1 saturated heterocycles. The lowest BCUT2D eigenvalue weighted by Crippen LogP contribution is -2.48. The number of likely N-dealkylation sites (tertiary alicyclic amines) is 1. The van der Waals surface area contributed by atoms with Crippen LogP contribution in [0.3, 0.4) is 0 Å². The van der Waals surface area contributed by atoms with E-state index in [1.807, 2.05) is 42.5 Å². The molecule has 4 nitrogen and oxygen atoms in total. The lowest BCUT2D eigenvalue weighted by molar-refractivity contribution is 0.0948. The maximum Gasteiger partial charge on any atom is 0.255 e. The topological polar surface area (TPSA) is 58.4 Å². The van der Waals surface area contributed by atoms with Crippen LogP contribution in [0.5, 0.6) is 0 Å². The maximum absolute atomic E-state index is 12.5. The Bertz CT molecular complexity index is 910. The molecule has 1 saturated carbocycles. The third-order valence-corrected chi connectivity index (χ3v) is 6.15. The first kappa shape index (κ1) is 19.7. The number of para-hydroxylation sites is 2. The van der Waals surface area contributed by atoms with Gasteiger partial charge < -0.3 is 11.1 Å². The molecule has 3 N–H and O–H groups in total. The van der Waals surface area contributed by atoms with Gasteiger partial charge in [-0.3, -0.25) is 9.69 Å². The molecule has 0 bridgehead atoms. The summed E-state index contributed by atoms with van der Waals surface area (Å²) in [5, 5.41) is 2.88. The van der Waals surface area contributed by atoms with Crippen LogP contribution in [-0.4, -0.2) is 29.4 Å². The average molecular weight is 390 g/mol. The molecule has 152 valence electrons. The number of carbonyl (C=O) groups is 1. The van der Waals surface area contributed by atoms with Crippen LogP contribution in [0.2, 0.25) is 0 Å². The van der Waals surface area contributed by atoms with E-state index in [9.17, 15) is 4.79 Å². The number of hydrogen-bond donors (Lipinski definition) is 2. The monoisotopic (exact) mass is 389 g/mol. The van der Waals surface area contributed by atoms with E-state index in [4.69, 9.17) is 5.73 Å². The number of nitrogens with two attached hydrogens (primary N) is 1. The normalized spacial score (nSPS) is 20.6. The first-order valence-corrected chi connectivity index (χ1v) is 10.6. The van der Waals surface area contributed by atoms with Crippen molar-refractivity contribution in [3.05, 3.63) is 65.2 Å². The predicted octanol–water partition coefficient (Wildman–Crippen LogP) is 5.19. The predicted molar refractivity (Wildman–Crippen MR) is 121 cm³/mol. The summed E-state index contributed by atoms with van der Waals surface area (Å²) in [5.74, 6) is 0.793. The highest BCUT2D eigenvalue weighted by Gasteiger charge is 2.35. The number of piperidine rings is 1. The molecule has 0 atom stereocenters. The third kappa shape index (κ3) is 4.88. The van der Waals surface area contributed by atoms with E-state index in [0.717, 1.165) is 30.9 Å². The van der Waals surface area contributed by atoms with E-state index in [1.54, 1.807) is 6.07 Å². The molecule has 4 rings (SSSR count). The van der Waals surface area contributed by atoms with Crippen molar-refractivity contribution in [2.45, 2.75) is 45.1 Å². The number of amides is 1. The molecular weight excluding hydrogens is 358 g/mol. The van der Waals surface area contributed by atoms with Gasteiger partial charge in [0.05, 0.1) is 11.4 Å². The third-order valence-electron chi connectivity index (χ3n) is 6.15. The van der Waals surface area contributed by atoms with Crippen LogP contribution >= 0.6 is 0 Å². The number of carbonyl (C=O) groups excluding carboxylic acids is 1. The lowest BCUT2D eigenvalue weighted by atomic mass is 9.85. The fourth-order valence-corrected chi connectivity index (χ4v) is 4.18. The summed E-state index contributed by atoms with van der Waals surface area (Å²) < 4.78 is 0. The summed E-state index contributed by atoms with van der Waals surface area (Å²) >= 11 is 0. The van der Waals surface area contributed by atoms with Gasteiger partial charge >= 0.3 is 0 Å². The van der Waals surface area contributed by atoms with Gasteiger partial charge in [0.1, 0.15) is 0 Å². The van der Waals surface area contributed by atoms with Crippen molar-refractivity contribution in [1.82, 2.24) is 4.90 Å². The van der Waals surface area contributed by atoms with Gasteiger partial charge in [0.25, 0.3) is 5.91 Å². The zero-order valence-corrected chi connectivity index (χ0v) is 17.4. The first-order chi connectivity index (χ1) is 13.9. The van der Waals surface area contributed by atoms with Gasteiger partial charge in [-0.15, -0.1) is 0 Å². The maximum atomic E-state index is 12.5. The Morgan fingerprint density at radius 3 is 2.55 bits per heavy atom. The van der Waals surface area contributed by atoms with Gasteiger partial charge in [0.15, 0.2) is 0 Å². The van der Waals surface area contributed by atoms with E-state index >= 15 is 0 Å². The van der Waals surface area contributed by atoms with Crippen LogP contribution in [0.25, 0.3) is 6.08 Å². The van der Waals surface area contributed by atoms with E-state index in [-0.39, 0.29) is 11.4 Å². The zero-order valence-electron chi connectivity index (χ0n) is 17.4. The lowest BCUT2D eigenvalue weighted by Gasteiger charge is -2.44. The van der Waals surface area contributed by atoms with Crippen molar-refractivity contribution < 1.29 is 4.79 Å². The number of rotatable bonds is 5. The molecule has 0 radical (unpaired) electrons. The molecule has 1 amide bonds. The molecule has 2 aromatic rings. The van der Waals surface area contributed by atoms with Gasteiger partial charge in [-0.1, -0.05) is 35.9 Å². The highest BCUT2D eigenvalue weighted by molar-refractivity contribution is 6.05. The second-order valence-electron chi connectivity index (χ2n) is 9.09. The van der Waals surface area contributed by atoms with Crippen molar-refractivity contribution in [2.75, 3.05) is 24.1 Å². The molecule has 4 heteroatoms. The van der Waals surface area contributed by atoms with Crippen molar-refractivity contribution in [3.8, 4) is 0 Å². The van der Waals surface area contributed by atoms with Gasteiger partial charge in [0.2, 0.25) is 0 Å². The van der Waals surface area contributed by atoms with Crippen molar-refractivity contribution in [3.63, 3.8) is 0 Å². The second kappa shape index (κ2) is 8.03. The number of nitrogens with one attached hydrogen (secondary N) is 1. The minimum atomic E-state index is -0.142. The van der Waals surface area contributed by atoms with Gasteiger partial charge in [-0.2, -0.15) is 0 Å². The second-order valence-corrected chi connectivity index (χ2v) is 9.09. The first-order valence-electron chi connectivity index (χ1n) is 10.6. The number of hydrogen-bond acceptors (Lipinski definition) is 3. The van der Waals surface area contributed by atoms with Gasteiger partial charge in [0, 0.05) is 24.2 Å². The van der Waals surface area contributed by atoms with Crippen molar-refractivity contribution >= 4 is 23.4 Å². The van der Waals surface area contributed by atoms with E-state index < -0.39 is 0 Å². The Hall–Kier alpha value is -2.59. The largest absolute Gasteiger partial charge is 0.397 e. The highest BCUT2D eigenvalue weighted by Crippen LogP contribution is 2.37. The molecule has 0 spiro atoms. The smallest absolute Gasteiger partial charge is 0.255 e. The minimum Gasteiger partial charge on any atom is -0.397 e. The Morgan fingerprint density at radius 2 is 1.90 bits per heavy atom. The van der Waals surface area contributed by atoms with Crippen LogP contribution in [-0.2, 0) is 0 Å². The Labute approximate surface area is 173 Å². The molecule has 2 aliphatic rings. The van der Waals surface area contributed by atoms with Crippen LogP contribution < -0.4 is 11.1 Å². The summed E-state index contributed by atoms with van der Waals surface area (Å²) in [6.07, 6.45) is 7.35. The number of benzene rings is 2. The van der Waals surface area contributed by atoms with E-state index in [2.05, 4.69) is 30.1 Å². The Kier molecular flexibility index (Phi) is 5.46.